The molecule has 37 heavy (non-hydrogen) atoms. The Kier molecular flexibility index (Phi) is 6.83. The second-order valence-electron chi connectivity index (χ2n) is 8.28. The molecule has 1 aromatic carbocycles. The van der Waals surface area contributed by atoms with E-state index in [4.69, 9.17) is 4.74 Å². The number of rotatable bonds is 7. The van der Waals surface area contributed by atoms with E-state index in [0.29, 0.717) is 24.6 Å². The number of carbonyl (C=O) groups is 2. The summed E-state index contributed by atoms with van der Waals surface area (Å²) in [5.74, 6) is -1.56. The van der Waals surface area contributed by atoms with E-state index >= 15 is 0 Å². The zero-order valence-electron chi connectivity index (χ0n) is 19.2. The molecular weight excluding hydrogens is 500 g/mol. The number of halogens is 4. The number of benzene rings is 1. The van der Waals surface area contributed by atoms with Crippen molar-refractivity contribution in [2.45, 2.75) is 31.1 Å². The van der Waals surface area contributed by atoms with Gasteiger partial charge in [-0.25, -0.2) is 13.9 Å². The molecule has 0 saturated heterocycles. The van der Waals surface area contributed by atoms with Crippen molar-refractivity contribution < 1.29 is 31.9 Å². The lowest BCUT2D eigenvalue weighted by Crippen LogP contribution is -2.49. The number of hydrogen-bond donors (Lipinski definition) is 3. The Morgan fingerprint density at radius 2 is 1.89 bits per heavy atom. The third kappa shape index (κ3) is 6.20. The maximum absolute atomic E-state index is 13.3. The van der Waals surface area contributed by atoms with Gasteiger partial charge in [0.2, 0.25) is 5.91 Å². The summed E-state index contributed by atoms with van der Waals surface area (Å²) < 4.78 is 58.9. The summed E-state index contributed by atoms with van der Waals surface area (Å²) in [5, 5.41) is 11.4. The SMILES string of the molecule is Cn1ncc(OC(=O)NC2(C(=O)NCc3ccc(Nc4ccc(F)cc4C(F)(F)F)cn3)CC2)cc1=O. The molecule has 0 bridgehead atoms. The molecule has 1 aliphatic rings. The molecule has 0 unspecified atom stereocenters. The molecule has 4 rings (SSSR count). The van der Waals surface area contributed by atoms with Crippen LogP contribution in [0.25, 0.3) is 0 Å². The van der Waals surface area contributed by atoms with Crippen LogP contribution < -0.4 is 26.2 Å². The van der Waals surface area contributed by atoms with Crippen molar-refractivity contribution in [2.24, 2.45) is 7.05 Å². The Bertz CT molecular complexity index is 1390. The quantitative estimate of drug-likeness (QED) is 0.409. The van der Waals surface area contributed by atoms with Crippen LogP contribution >= 0.6 is 0 Å². The first-order chi connectivity index (χ1) is 17.4. The second kappa shape index (κ2) is 9.87. The summed E-state index contributed by atoms with van der Waals surface area (Å²) in [6.07, 6.45) is -2.47. The smallest absolute Gasteiger partial charge is 0.408 e. The number of hydrogen-bond acceptors (Lipinski definition) is 7. The molecular formula is C23H20F4N6O4. The van der Waals surface area contributed by atoms with Gasteiger partial charge < -0.3 is 20.7 Å². The number of amides is 2. The number of nitrogens with zero attached hydrogens (tertiary/aromatic N) is 3. The molecule has 0 radical (unpaired) electrons. The van der Waals surface area contributed by atoms with Crippen LogP contribution in [0.3, 0.4) is 0 Å². The van der Waals surface area contributed by atoms with Crippen molar-refractivity contribution >= 4 is 23.4 Å². The van der Waals surface area contributed by atoms with E-state index in [1.807, 2.05) is 0 Å². The van der Waals surface area contributed by atoms with Gasteiger partial charge in [0, 0.05) is 13.1 Å². The number of anilines is 2. The second-order valence-corrected chi connectivity index (χ2v) is 8.28. The highest BCUT2D eigenvalue weighted by molar-refractivity contribution is 5.93. The molecule has 3 N–H and O–H groups in total. The zero-order chi connectivity index (χ0) is 26.8. The number of pyridine rings is 1. The monoisotopic (exact) mass is 520 g/mol. The van der Waals surface area contributed by atoms with E-state index in [1.165, 1.54) is 31.6 Å². The molecule has 194 valence electrons. The summed E-state index contributed by atoms with van der Waals surface area (Å²) in [6, 6.07) is 6.31. The Balaban J connectivity index is 1.32. The van der Waals surface area contributed by atoms with Gasteiger partial charge in [-0.15, -0.1) is 0 Å². The van der Waals surface area contributed by atoms with Gasteiger partial charge in [-0.2, -0.15) is 18.3 Å². The first-order valence-corrected chi connectivity index (χ1v) is 10.9. The molecule has 10 nitrogen and oxygen atoms in total. The van der Waals surface area contributed by atoms with E-state index in [1.54, 1.807) is 0 Å². The minimum atomic E-state index is -4.75. The fraction of sp³-hybridized carbons (Fsp3) is 0.261. The van der Waals surface area contributed by atoms with Crippen LogP contribution in [0.1, 0.15) is 24.1 Å². The van der Waals surface area contributed by atoms with E-state index < -0.39 is 40.7 Å². The van der Waals surface area contributed by atoms with Crippen LogP contribution in [-0.2, 0) is 24.6 Å². The molecule has 2 amide bonds. The van der Waals surface area contributed by atoms with Gasteiger partial charge in [0.25, 0.3) is 5.56 Å². The molecule has 1 fully saturated rings. The lowest BCUT2D eigenvalue weighted by Gasteiger charge is -2.17. The molecule has 2 aromatic heterocycles. The van der Waals surface area contributed by atoms with Gasteiger partial charge in [-0.1, -0.05) is 0 Å². The highest BCUT2D eigenvalue weighted by atomic mass is 19.4. The van der Waals surface area contributed by atoms with Gasteiger partial charge in [0.1, 0.15) is 11.4 Å². The topological polar surface area (TPSA) is 127 Å². The largest absolute Gasteiger partial charge is 0.418 e. The van der Waals surface area contributed by atoms with Gasteiger partial charge in [-0.05, 0) is 43.2 Å². The van der Waals surface area contributed by atoms with Gasteiger partial charge in [-0.3, -0.25) is 14.6 Å². The third-order valence-corrected chi connectivity index (χ3v) is 5.50. The number of ether oxygens (including phenoxy) is 1. The highest BCUT2D eigenvalue weighted by Gasteiger charge is 2.51. The van der Waals surface area contributed by atoms with Crippen LogP contribution in [0.2, 0.25) is 0 Å². The van der Waals surface area contributed by atoms with Crippen LogP contribution in [0, 0.1) is 5.82 Å². The van der Waals surface area contributed by atoms with Crippen molar-refractivity contribution in [3.8, 4) is 5.75 Å². The van der Waals surface area contributed by atoms with E-state index in [0.717, 1.165) is 22.9 Å². The molecule has 1 saturated carbocycles. The van der Waals surface area contributed by atoms with Crippen LogP contribution in [0.15, 0.2) is 53.6 Å². The summed E-state index contributed by atoms with van der Waals surface area (Å²) in [5.41, 5.74) is -2.51. The number of nitrogens with one attached hydrogen (secondary N) is 3. The average molecular weight is 520 g/mol. The lowest BCUT2D eigenvalue weighted by molar-refractivity contribution is -0.137. The van der Waals surface area contributed by atoms with Crippen molar-refractivity contribution in [1.29, 1.82) is 0 Å². The average Bonchev–Trinajstić information content (AvgIpc) is 3.61. The fourth-order valence-corrected chi connectivity index (χ4v) is 3.33. The van der Waals surface area contributed by atoms with Gasteiger partial charge in [0.05, 0.1) is 41.6 Å². The van der Waals surface area contributed by atoms with Crippen LogP contribution in [-0.4, -0.2) is 32.3 Å². The van der Waals surface area contributed by atoms with Gasteiger partial charge in [0.15, 0.2) is 5.75 Å². The fourth-order valence-electron chi connectivity index (χ4n) is 3.33. The van der Waals surface area contributed by atoms with Crippen molar-refractivity contribution in [3.63, 3.8) is 0 Å². The predicted octanol–water partition coefficient (Wildman–Crippen LogP) is 3.01. The minimum absolute atomic E-state index is 0.0133. The summed E-state index contributed by atoms with van der Waals surface area (Å²) in [6.45, 7) is -0.0133. The highest BCUT2D eigenvalue weighted by Crippen LogP contribution is 2.37. The number of carbonyl (C=O) groups excluding carboxylic acids is 2. The first-order valence-electron chi connectivity index (χ1n) is 10.9. The summed E-state index contributed by atoms with van der Waals surface area (Å²) in [4.78, 5) is 40.5. The Labute approximate surface area is 206 Å². The summed E-state index contributed by atoms with van der Waals surface area (Å²) in [7, 11) is 1.43. The Hall–Kier alpha value is -4.49. The Morgan fingerprint density at radius 3 is 2.51 bits per heavy atom. The first kappa shape index (κ1) is 25.6. The summed E-state index contributed by atoms with van der Waals surface area (Å²) >= 11 is 0. The predicted molar refractivity (Wildman–Crippen MR) is 121 cm³/mol. The minimum Gasteiger partial charge on any atom is -0.408 e. The zero-order valence-corrected chi connectivity index (χ0v) is 19.2. The van der Waals surface area contributed by atoms with E-state index in [9.17, 15) is 31.9 Å². The molecule has 1 aliphatic carbocycles. The van der Waals surface area contributed by atoms with Crippen molar-refractivity contribution in [3.05, 3.63) is 76.2 Å². The number of aromatic nitrogens is 3. The van der Waals surface area contributed by atoms with E-state index in [2.05, 4.69) is 26.0 Å². The molecule has 2 heterocycles. The van der Waals surface area contributed by atoms with Crippen molar-refractivity contribution in [2.75, 3.05) is 5.32 Å². The molecule has 0 spiro atoms. The number of alkyl halides is 3. The normalized spacial score (nSPS) is 14.0. The standard InChI is InChI=1S/C23H20F4N6O4/c1-33-19(34)9-16(12-30-33)37-21(36)32-22(6-7-22)20(35)29-10-14-3-4-15(11-28-14)31-18-5-2-13(24)8-17(18)23(25,26)27/h2-5,8-9,11-12,31H,6-7,10H2,1H3,(H,29,35)(H,32,36). The molecule has 0 atom stereocenters. The van der Waals surface area contributed by atoms with Crippen LogP contribution in [0.4, 0.5) is 33.7 Å². The third-order valence-electron chi connectivity index (χ3n) is 5.50. The Morgan fingerprint density at radius 1 is 1.14 bits per heavy atom. The maximum atomic E-state index is 13.3. The van der Waals surface area contributed by atoms with Crippen molar-refractivity contribution in [1.82, 2.24) is 25.4 Å². The number of aryl methyl sites for hydroxylation is 1. The maximum Gasteiger partial charge on any atom is 0.418 e. The molecule has 3 aromatic rings. The van der Waals surface area contributed by atoms with Gasteiger partial charge >= 0.3 is 12.3 Å². The van der Waals surface area contributed by atoms with Crippen LogP contribution in [0.5, 0.6) is 5.75 Å². The molecule has 14 heteroatoms. The molecule has 0 aliphatic heterocycles. The lowest BCUT2D eigenvalue weighted by atomic mass is 10.1. The van der Waals surface area contributed by atoms with E-state index in [-0.39, 0.29) is 23.7 Å².